The van der Waals surface area contributed by atoms with Crippen LogP contribution in [0.2, 0.25) is 0 Å². The Bertz CT molecular complexity index is 1840. The number of aromatic nitrogens is 3. The lowest BCUT2D eigenvalue weighted by Gasteiger charge is -2.15. The molecule has 1 unspecified atom stereocenters. The van der Waals surface area contributed by atoms with Gasteiger partial charge in [-0.15, -0.1) is 0 Å². The highest BCUT2D eigenvalue weighted by Gasteiger charge is 2.25. The van der Waals surface area contributed by atoms with Crippen LogP contribution in [0, 0.1) is 6.92 Å². The second-order valence-corrected chi connectivity index (χ2v) is 11.0. The van der Waals surface area contributed by atoms with Crippen molar-refractivity contribution in [1.82, 2.24) is 13.5 Å². The number of benzene rings is 4. The Morgan fingerprint density at radius 2 is 1.54 bits per heavy atom. The number of hydrogen-bond donors (Lipinski definition) is 1. The van der Waals surface area contributed by atoms with Crippen LogP contribution < -0.4 is 0 Å². The van der Waals surface area contributed by atoms with Gasteiger partial charge < -0.3 is 9.67 Å². The van der Waals surface area contributed by atoms with E-state index in [4.69, 9.17) is 0 Å². The van der Waals surface area contributed by atoms with Crippen molar-refractivity contribution in [2.75, 3.05) is 0 Å². The first kappa shape index (κ1) is 23.2. The topological polar surface area (TPSA) is 77.1 Å². The quantitative estimate of drug-likeness (QED) is 0.315. The van der Waals surface area contributed by atoms with Gasteiger partial charge in [0, 0.05) is 17.3 Å². The molecule has 6 nitrogen and oxygen atoms in total. The molecule has 6 rings (SSSR count). The maximum absolute atomic E-state index is 13.9. The van der Waals surface area contributed by atoms with E-state index in [0.717, 1.165) is 21.9 Å². The van der Waals surface area contributed by atoms with Crippen molar-refractivity contribution >= 4 is 31.8 Å². The standard InChI is InChI=1S/C30H25N3O3S/c1-21-11-14-24(15-12-21)37(35,36)33-27-10-6-5-9-25(27)26-16-13-23(17-28(26)33)30(34)29-18-31-20-32(29)19-22-7-3-2-4-8-22/h2-18,20,30,34H,19H2,1H3. The molecular weight excluding hydrogens is 482 g/mol. The van der Waals surface area contributed by atoms with Crippen LogP contribution in [0.4, 0.5) is 0 Å². The first-order chi connectivity index (χ1) is 17.9. The van der Waals surface area contributed by atoms with Gasteiger partial charge in [-0.2, -0.15) is 0 Å². The second-order valence-electron chi connectivity index (χ2n) is 9.21. The normalized spacial score (nSPS) is 12.8. The number of rotatable bonds is 6. The summed E-state index contributed by atoms with van der Waals surface area (Å²) in [4.78, 5) is 4.48. The molecule has 1 N–H and O–H groups in total. The smallest absolute Gasteiger partial charge is 0.268 e. The van der Waals surface area contributed by atoms with Gasteiger partial charge in [0.15, 0.2) is 0 Å². The van der Waals surface area contributed by atoms with Gasteiger partial charge in [-0.05, 0) is 42.3 Å². The summed E-state index contributed by atoms with van der Waals surface area (Å²) < 4.78 is 31.1. The third kappa shape index (κ3) is 4.02. The predicted molar refractivity (Wildman–Crippen MR) is 145 cm³/mol. The number of fused-ring (bicyclic) bond motifs is 3. The molecule has 4 aromatic carbocycles. The molecule has 37 heavy (non-hydrogen) atoms. The van der Waals surface area contributed by atoms with Gasteiger partial charge in [0.25, 0.3) is 10.0 Å². The first-order valence-corrected chi connectivity index (χ1v) is 13.4. The monoisotopic (exact) mass is 507 g/mol. The van der Waals surface area contributed by atoms with Crippen LogP contribution in [0.3, 0.4) is 0 Å². The fourth-order valence-electron chi connectivity index (χ4n) is 4.84. The number of imidazole rings is 1. The molecule has 0 aliphatic heterocycles. The van der Waals surface area contributed by atoms with E-state index < -0.39 is 16.1 Å². The summed E-state index contributed by atoms with van der Waals surface area (Å²) in [6, 6.07) is 29.8. The Morgan fingerprint density at radius 1 is 0.838 bits per heavy atom. The van der Waals surface area contributed by atoms with Crippen LogP contribution in [-0.4, -0.2) is 27.0 Å². The summed E-state index contributed by atoms with van der Waals surface area (Å²) in [6.07, 6.45) is 2.36. The van der Waals surface area contributed by atoms with E-state index >= 15 is 0 Å². The van der Waals surface area contributed by atoms with Crippen molar-refractivity contribution in [1.29, 1.82) is 0 Å². The summed E-state index contributed by atoms with van der Waals surface area (Å²) in [7, 11) is -3.89. The van der Waals surface area contributed by atoms with Crippen LogP contribution in [0.5, 0.6) is 0 Å². The molecule has 0 amide bonds. The average Bonchev–Trinajstić information content (AvgIpc) is 3.51. The van der Waals surface area contributed by atoms with E-state index in [1.165, 1.54) is 3.97 Å². The molecule has 0 spiro atoms. The molecule has 0 radical (unpaired) electrons. The fraction of sp³-hybridized carbons (Fsp3) is 0.100. The molecule has 2 aromatic heterocycles. The highest BCUT2D eigenvalue weighted by molar-refractivity contribution is 7.90. The molecule has 0 saturated heterocycles. The zero-order valence-corrected chi connectivity index (χ0v) is 21.0. The number of aryl methyl sites for hydroxylation is 1. The number of aliphatic hydroxyl groups excluding tert-OH is 1. The van der Waals surface area contributed by atoms with E-state index in [-0.39, 0.29) is 4.90 Å². The van der Waals surface area contributed by atoms with Gasteiger partial charge in [-0.1, -0.05) is 78.4 Å². The molecule has 0 aliphatic rings. The fourth-order valence-corrected chi connectivity index (χ4v) is 6.36. The first-order valence-electron chi connectivity index (χ1n) is 12.0. The van der Waals surface area contributed by atoms with Crippen LogP contribution in [0.15, 0.2) is 114 Å². The number of nitrogens with zero attached hydrogens (tertiary/aromatic N) is 3. The summed E-state index contributed by atoms with van der Waals surface area (Å²) in [5.41, 5.74) is 4.41. The number of para-hydroxylation sites is 1. The number of hydrogen-bond acceptors (Lipinski definition) is 4. The van der Waals surface area contributed by atoms with E-state index in [1.807, 2.05) is 78.2 Å². The van der Waals surface area contributed by atoms with Crippen LogP contribution in [-0.2, 0) is 16.6 Å². The summed E-state index contributed by atoms with van der Waals surface area (Å²) >= 11 is 0. The second kappa shape index (κ2) is 9.03. The van der Waals surface area contributed by atoms with Crippen molar-refractivity contribution in [3.8, 4) is 0 Å². The number of aliphatic hydroxyl groups is 1. The molecule has 1 atom stereocenters. The molecule has 0 bridgehead atoms. The third-order valence-electron chi connectivity index (χ3n) is 6.75. The third-order valence-corrected chi connectivity index (χ3v) is 8.49. The molecule has 0 aliphatic carbocycles. The van der Waals surface area contributed by atoms with Gasteiger partial charge in [0.2, 0.25) is 0 Å². The maximum atomic E-state index is 13.9. The highest BCUT2D eigenvalue weighted by Crippen LogP contribution is 2.35. The van der Waals surface area contributed by atoms with Crippen molar-refractivity contribution in [2.45, 2.75) is 24.5 Å². The van der Waals surface area contributed by atoms with Crippen molar-refractivity contribution in [3.05, 3.63) is 132 Å². The van der Waals surface area contributed by atoms with Gasteiger partial charge in [0.05, 0.1) is 34.1 Å². The Kier molecular flexibility index (Phi) is 5.67. The summed E-state index contributed by atoms with van der Waals surface area (Å²) in [6.45, 7) is 2.49. The van der Waals surface area contributed by atoms with Gasteiger partial charge in [0.1, 0.15) is 6.10 Å². The van der Waals surface area contributed by atoms with E-state index in [1.54, 1.807) is 42.9 Å². The lowest BCUT2D eigenvalue weighted by molar-refractivity contribution is 0.210. The molecule has 6 aromatic rings. The lowest BCUT2D eigenvalue weighted by atomic mass is 10.0. The zero-order valence-electron chi connectivity index (χ0n) is 20.2. The van der Waals surface area contributed by atoms with Crippen LogP contribution in [0.1, 0.15) is 28.5 Å². The Morgan fingerprint density at radius 3 is 2.32 bits per heavy atom. The van der Waals surface area contributed by atoms with Gasteiger partial charge in [-0.25, -0.2) is 17.4 Å². The predicted octanol–water partition coefficient (Wildman–Crippen LogP) is 5.67. The summed E-state index contributed by atoms with van der Waals surface area (Å²) in [5.74, 6) is 0. The average molecular weight is 508 g/mol. The van der Waals surface area contributed by atoms with Crippen LogP contribution >= 0.6 is 0 Å². The highest BCUT2D eigenvalue weighted by atomic mass is 32.2. The van der Waals surface area contributed by atoms with Crippen molar-refractivity contribution in [3.63, 3.8) is 0 Å². The SMILES string of the molecule is Cc1ccc(S(=O)(=O)n2c3ccccc3c3ccc(C(O)c4cncn4Cc4ccccc4)cc32)cc1. The maximum Gasteiger partial charge on any atom is 0.268 e. The molecule has 0 fully saturated rings. The lowest BCUT2D eigenvalue weighted by Crippen LogP contribution is -2.13. The van der Waals surface area contributed by atoms with Gasteiger partial charge >= 0.3 is 0 Å². The Balaban J connectivity index is 1.50. The Hall–Kier alpha value is -4.20. The van der Waals surface area contributed by atoms with Crippen molar-refractivity contribution < 1.29 is 13.5 Å². The molecule has 7 heteroatoms. The molecule has 0 saturated carbocycles. The van der Waals surface area contributed by atoms with E-state index in [2.05, 4.69) is 4.98 Å². The molecule has 2 heterocycles. The van der Waals surface area contributed by atoms with Crippen LogP contribution in [0.25, 0.3) is 21.8 Å². The van der Waals surface area contributed by atoms with Crippen molar-refractivity contribution in [2.24, 2.45) is 0 Å². The molecule has 184 valence electrons. The zero-order chi connectivity index (χ0) is 25.6. The largest absolute Gasteiger partial charge is 0.382 e. The molecular formula is C30H25N3O3S. The minimum atomic E-state index is -3.89. The minimum Gasteiger partial charge on any atom is -0.382 e. The van der Waals surface area contributed by atoms with E-state index in [9.17, 15) is 13.5 Å². The Labute approximate surface area is 215 Å². The minimum absolute atomic E-state index is 0.215. The van der Waals surface area contributed by atoms with Gasteiger partial charge in [-0.3, -0.25) is 0 Å². The van der Waals surface area contributed by atoms with E-state index in [0.29, 0.717) is 28.8 Å². The summed E-state index contributed by atoms with van der Waals surface area (Å²) in [5, 5.41) is 13.0.